The molecule has 112 valence electrons. The van der Waals surface area contributed by atoms with Gasteiger partial charge in [0.25, 0.3) is 0 Å². The maximum atomic E-state index is 12.8. The number of hydrogen-bond acceptors (Lipinski definition) is 3. The SMILES string of the molecule is CC1CCCC(C)N1S(=O)(=O)c1ccc(CCN)cc1. The van der Waals surface area contributed by atoms with E-state index in [1.165, 1.54) is 0 Å². The molecule has 0 radical (unpaired) electrons. The van der Waals surface area contributed by atoms with Crippen LogP contribution in [0, 0.1) is 0 Å². The molecule has 4 nitrogen and oxygen atoms in total. The van der Waals surface area contributed by atoms with E-state index in [9.17, 15) is 8.42 Å². The zero-order valence-electron chi connectivity index (χ0n) is 12.2. The van der Waals surface area contributed by atoms with E-state index in [2.05, 4.69) is 0 Å². The predicted octanol–water partition coefficient (Wildman–Crippen LogP) is 2.14. The van der Waals surface area contributed by atoms with Gasteiger partial charge in [0.1, 0.15) is 0 Å². The van der Waals surface area contributed by atoms with Gasteiger partial charge in [-0.05, 0) is 57.4 Å². The highest BCUT2D eigenvalue weighted by atomic mass is 32.2. The third kappa shape index (κ3) is 3.05. The monoisotopic (exact) mass is 296 g/mol. The van der Waals surface area contributed by atoms with Crippen molar-refractivity contribution in [1.82, 2.24) is 4.31 Å². The number of benzene rings is 1. The number of sulfonamides is 1. The molecule has 0 aromatic heterocycles. The van der Waals surface area contributed by atoms with Crippen molar-refractivity contribution in [3.05, 3.63) is 29.8 Å². The van der Waals surface area contributed by atoms with Crippen LogP contribution in [0.1, 0.15) is 38.7 Å². The van der Waals surface area contributed by atoms with Crippen LogP contribution in [0.4, 0.5) is 0 Å². The molecule has 20 heavy (non-hydrogen) atoms. The van der Waals surface area contributed by atoms with E-state index in [1.54, 1.807) is 16.4 Å². The minimum Gasteiger partial charge on any atom is -0.330 e. The lowest BCUT2D eigenvalue weighted by Crippen LogP contribution is -2.47. The number of nitrogens with two attached hydrogens (primary N) is 1. The summed E-state index contributed by atoms with van der Waals surface area (Å²) in [5.41, 5.74) is 6.59. The summed E-state index contributed by atoms with van der Waals surface area (Å²) in [7, 11) is -3.39. The summed E-state index contributed by atoms with van der Waals surface area (Å²) in [6, 6.07) is 7.28. The molecule has 2 unspecified atom stereocenters. The predicted molar refractivity (Wildman–Crippen MR) is 81.0 cm³/mol. The molecule has 2 N–H and O–H groups in total. The zero-order chi connectivity index (χ0) is 14.8. The van der Waals surface area contributed by atoms with E-state index in [0.717, 1.165) is 31.2 Å². The summed E-state index contributed by atoms with van der Waals surface area (Å²) in [5, 5.41) is 0. The Bertz CT molecular complexity index is 529. The Balaban J connectivity index is 2.29. The summed E-state index contributed by atoms with van der Waals surface area (Å²) in [5.74, 6) is 0. The molecule has 2 atom stereocenters. The summed E-state index contributed by atoms with van der Waals surface area (Å²) < 4.78 is 27.2. The molecule has 0 amide bonds. The van der Waals surface area contributed by atoms with Crippen molar-refractivity contribution in [3.63, 3.8) is 0 Å². The highest BCUT2D eigenvalue weighted by Crippen LogP contribution is 2.29. The van der Waals surface area contributed by atoms with Gasteiger partial charge in [-0.2, -0.15) is 4.31 Å². The molecular weight excluding hydrogens is 272 g/mol. The second-order valence-corrected chi connectivity index (χ2v) is 7.49. The normalized spacial score (nSPS) is 24.8. The van der Waals surface area contributed by atoms with E-state index >= 15 is 0 Å². The lowest BCUT2D eigenvalue weighted by Gasteiger charge is -2.37. The van der Waals surface area contributed by atoms with Crippen molar-refractivity contribution in [3.8, 4) is 0 Å². The van der Waals surface area contributed by atoms with Crippen molar-refractivity contribution in [2.45, 2.75) is 56.5 Å². The van der Waals surface area contributed by atoms with Crippen LogP contribution >= 0.6 is 0 Å². The first-order valence-electron chi connectivity index (χ1n) is 7.29. The van der Waals surface area contributed by atoms with E-state index in [0.29, 0.717) is 11.4 Å². The molecule has 0 saturated carbocycles. The van der Waals surface area contributed by atoms with Crippen LogP contribution in [0.15, 0.2) is 29.2 Å². The quantitative estimate of drug-likeness (QED) is 0.926. The zero-order valence-corrected chi connectivity index (χ0v) is 13.1. The maximum absolute atomic E-state index is 12.8. The van der Waals surface area contributed by atoms with Crippen molar-refractivity contribution in [1.29, 1.82) is 0 Å². The van der Waals surface area contributed by atoms with E-state index in [-0.39, 0.29) is 12.1 Å². The molecule has 1 heterocycles. The Labute approximate surface area is 122 Å². The third-order valence-electron chi connectivity index (χ3n) is 4.04. The van der Waals surface area contributed by atoms with Gasteiger partial charge < -0.3 is 5.73 Å². The van der Waals surface area contributed by atoms with Crippen LogP contribution in [0.3, 0.4) is 0 Å². The lowest BCUT2D eigenvalue weighted by molar-refractivity contribution is 0.204. The summed E-state index contributed by atoms with van der Waals surface area (Å²) in [6.07, 6.45) is 3.75. The van der Waals surface area contributed by atoms with Crippen LogP contribution in [0.2, 0.25) is 0 Å². The van der Waals surface area contributed by atoms with Gasteiger partial charge in [-0.3, -0.25) is 0 Å². The highest BCUT2D eigenvalue weighted by molar-refractivity contribution is 7.89. The van der Waals surface area contributed by atoms with Crippen molar-refractivity contribution < 1.29 is 8.42 Å². The second-order valence-electron chi connectivity index (χ2n) is 5.65. The molecule has 0 spiro atoms. The second kappa shape index (κ2) is 6.24. The highest BCUT2D eigenvalue weighted by Gasteiger charge is 2.35. The summed E-state index contributed by atoms with van der Waals surface area (Å²) in [4.78, 5) is 0.388. The number of hydrogen-bond donors (Lipinski definition) is 1. The average molecular weight is 296 g/mol. The van der Waals surface area contributed by atoms with Crippen LogP contribution in [0.25, 0.3) is 0 Å². The molecule has 1 aromatic carbocycles. The first-order valence-corrected chi connectivity index (χ1v) is 8.73. The fourth-order valence-corrected chi connectivity index (χ4v) is 4.87. The lowest BCUT2D eigenvalue weighted by atomic mass is 10.0. The Morgan fingerprint density at radius 1 is 1.15 bits per heavy atom. The molecule has 1 aliphatic heterocycles. The minimum atomic E-state index is -3.39. The van der Waals surface area contributed by atoms with E-state index in [4.69, 9.17) is 5.73 Å². The fourth-order valence-electron chi connectivity index (χ4n) is 2.99. The standard InChI is InChI=1S/C15H24N2O2S/c1-12-4-3-5-13(2)17(12)20(18,19)15-8-6-14(7-9-15)10-11-16/h6-9,12-13H,3-5,10-11,16H2,1-2H3. The van der Waals surface area contributed by atoms with Crippen LogP contribution in [-0.4, -0.2) is 31.4 Å². The number of piperidine rings is 1. The van der Waals surface area contributed by atoms with Gasteiger partial charge >= 0.3 is 0 Å². The van der Waals surface area contributed by atoms with Gasteiger partial charge in [0.2, 0.25) is 10.0 Å². The largest absolute Gasteiger partial charge is 0.330 e. The smallest absolute Gasteiger partial charge is 0.243 e. The van der Waals surface area contributed by atoms with Crippen LogP contribution < -0.4 is 5.73 Å². The van der Waals surface area contributed by atoms with Gasteiger partial charge in [0.15, 0.2) is 0 Å². The molecular formula is C15H24N2O2S. The molecule has 1 aliphatic rings. The van der Waals surface area contributed by atoms with Crippen molar-refractivity contribution in [2.75, 3.05) is 6.54 Å². The molecule has 1 aromatic rings. The molecule has 0 aliphatic carbocycles. The topological polar surface area (TPSA) is 63.4 Å². The van der Waals surface area contributed by atoms with Gasteiger partial charge in [-0.25, -0.2) is 8.42 Å². The maximum Gasteiger partial charge on any atom is 0.243 e. The third-order valence-corrected chi connectivity index (χ3v) is 6.19. The molecule has 1 fully saturated rings. The van der Waals surface area contributed by atoms with E-state index in [1.807, 2.05) is 26.0 Å². The Hall–Kier alpha value is -0.910. The average Bonchev–Trinajstić information content (AvgIpc) is 2.39. The van der Waals surface area contributed by atoms with Gasteiger partial charge in [0.05, 0.1) is 4.90 Å². The van der Waals surface area contributed by atoms with Crippen LogP contribution in [0.5, 0.6) is 0 Å². The summed E-state index contributed by atoms with van der Waals surface area (Å²) in [6.45, 7) is 4.57. The van der Waals surface area contributed by atoms with Gasteiger partial charge in [0, 0.05) is 12.1 Å². The van der Waals surface area contributed by atoms with Gasteiger partial charge in [-0.15, -0.1) is 0 Å². The first-order chi connectivity index (χ1) is 9.46. The van der Waals surface area contributed by atoms with E-state index < -0.39 is 10.0 Å². The Morgan fingerprint density at radius 3 is 2.20 bits per heavy atom. The fraction of sp³-hybridized carbons (Fsp3) is 0.600. The number of nitrogens with zero attached hydrogens (tertiary/aromatic N) is 1. The van der Waals surface area contributed by atoms with Crippen molar-refractivity contribution >= 4 is 10.0 Å². The Kier molecular flexibility index (Phi) is 4.83. The van der Waals surface area contributed by atoms with Gasteiger partial charge in [-0.1, -0.05) is 18.6 Å². The molecule has 2 rings (SSSR count). The molecule has 0 bridgehead atoms. The molecule has 1 saturated heterocycles. The minimum absolute atomic E-state index is 0.0764. The van der Waals surface area contributed by atoms with Crippen molar-refractivity contribution in [2.24, 2.45) is 5.73 Å². The first kappa shape index (κ1) is 15.5. The summed E-state index contributed by atoms with van der Waals surface area (Å²) >= 11 is 0. The van der Waals surface area contributed by atoms with Crippen LogP contribution in [-0.2, 0) is 16.4 Å². The Morgan fingerprint density at radius 2 is 1.70 bits per heavy atom. The molecule has 5 heteroatoms. The number of rotatable bonds is 4.